The molecule has 2 heterocycles. The van der Waals surface area contributed by atoms with Gasteiger partial charge in [0.15, 0.2) is 0 Å². The van der Waals surface area contributed by atoms with Gasteiger partial charge in [-0.25, -0.2) is 4.98 Å². The Kier molecular flexibility index (Phi) is 1.21. The molecule has 11 heavy (non-hydrogen) atoms. The summed E-state index contributed by atoms with van der Waals surface area (Å²) >= 11 is 0. The molecule has 0 saturated carbocycles. The van der Waals surface area contributed by atoms with Gasteiger partial charge in [-0.3, -0.25) is 9.36 Å². The van der Waals surface area contributed by atoms with Crippen LogP contribution in [0, 0.1) is 6.92 Å². The van der Waals surface area contributed by atoms with Crippen molar-refractivity contribution in [3.8, 4) is 0 Å². The lowest BCUT2D eigenvalue weighted by Crippen LogP contribution is -2.18. The highest BCUT2D eigenvalue weighted by atomic mass is 16.1. The summed E-state index contributed by atoms with van der Waals surface area (Å²) in [6.45, 7) is 3.37. The molecule has 1 aromatic rings. The molecule has 0 amide bonds. The Morgan fingerprint density at radius 3 is 3.36 bits per heavy atom. The molecule has 1 aliphatic rings. The zero-order valence-electron chi connectivity index (χ0n) is 6.29. The van der Waals surface area contributed by atoms with Crippen LogP contribution in [0.2, 0.25) is 0 Å². The van der Waals surface area contributed by atoms with Gasteiger partial charge in [-0.15, -0.1) is 0 Å². The summed E-state index contributed by atoms with van der Waals surface area (Å²) in [4.78, 5) is 15.4. The van der Waals surface area contributed by atoms with Crippen LogP contribution in [0.25, 0.3) is 0 Å². The topological polar surface area (TPSA) is 46.9 Å². The zero-order chi connectivity index (χ0) is 7.84. The van der Waals surface area contributed by atoms with Crippen LogP contribution in [0.3, 0.4) is 0 Å². The first-order valence-electron chi connectivity index (χ1n) is 3.60. The quantitative estimate of drug-likeness (QED) is 0.566. The fourth-order valence-corrected chi connectivity index (χ4v) is 1.25. The number of nitrogens with one attached hydrogen (secondary N) is 1. The first-order valence-corrected chi connectivity index (χ1v) is 3.60. The van der Waals surface area contributed by atoms with E-state index in [0.29, 0.717) is 5.95 Å². The minimum Gasteiger partial charge on any atom is -0.354 e. The largest absolute Gasteiger partial charge is 0.354 e. The minimum atomic E-state index is 0.0394. The fourth-order valence-electron chi connectivity index (χ4n) is 1.25. The van der Waals surface area contributed by atoms with E-state index >= 15 is 0 Å². The SMILES string of the molecule is Cc1cc(=O)n2c(n1)NCC2. The maximum atomic E-state index is 11.2. The Hall–Kier alpha value is -1.32. The normalized spacial score (nSPS) is 14.3. The monoisotopic (exact) mass is 151 g/mol. The summed E-state index contributed by atoms with van der Waals surface area (Å²) in [7, 11) is 0. The van der Waals surface area contributed by atoms with Crippen LogP contribution in [0.1, 0.15) is 5.69 Å². The Bertz CT molecular complexity index is 342. The van der Waals surface area contributed by atoms with E-state index in [2.05, 4.69) is 10.3 Å². The highest BCUT2D eigenvalue weighted by Gasteiger charge is 2.11. The zero-order valence-corrected chi connectivity index (χ0v) is 6.29. The van der Waals surface area contributed by atoms with E-state index in [9.17, 15) is 4.79 Å². The van der Waals surface area contributed by atoms with Crippen molar-refractivity contribution in [2.75, 3.05) is 11.9 Å². The molecule has 2 rings (SSSR count). The molecule has 0 aliphatic carbocycles. The summed E-state index contributed by atoms with van der Waals surface area (Å²) < 4.78 is 1.65. The number of aryl methyl sites for hydroxylation is 1. The molecule has 58 valence electrons. The molecule has 0 radical (unpaired) electrons. The van der Waals surface area contributed by atoms with Gasteiger partial charge in [0.2, 0.25) is 5.95 Å². The molecule has 0 aromatic carbocycles. The summed E-state index contributed by atoms with van der Waals surface area (Å²) in [6.07, 6.45) is 0. The molecular formula is C7H9N3O. The molecule has 1 aliphatic heterocycles. The van der Waals surface area contributed by atoms with E-state index in [1.807, 2.05) is 6.92 Å². The van der Waals surface area contributed by atoms with Gasteiger partial charge in [-0.2, -0.15) is 0 Å². The molecule has 0 atom stereocenters. The van der Waals surface area contributed by atoms with Gasteiger partial charge in [0.1, 0.15) is 0 Å². The molecule has 1 aromatic heterocycles. The predicted molar refractivity (Wildman–Crippen MR) is 41.7 cm³/mol. The average Bonchev–Trinajstić information content (AvgIpc) is 2.34. The Morgan fingerprint density at radius 2 is 2.55 bits per heavy atom. The molecular weight excluding hydrogens is 142 g/mol. The molecule has 0 spiro atoms. The second-order valence-corrected chi connectivity index (χ2v) is 2.64. The number of anilines is 1. The molecule has 4 heteroatoms. The van der Waals surface area contributed by atoms with Crippen LogP contribution in [0.5, 0.6) is 0 Å². The number of nitrogens with zero attached hydrogens (tertiary/aromatic N) is 2. The van der Waals surface area contributed by atoms with Gasteiger partial charge in [0, 0.05) is 24.8 Å². The Labute approximate surface area is 63.9 Å². The van der Waals surface area contributed by atoms with Crippen LogP contribution in [0.4, 0.5) is 5.95 Å². The van der Waals surface area contributed by atoms with Gasteiger partial charge in [0.05, 0.1) is 0 Å². The summed E-state index contributed by atoms with van der Waals surface area (Å²) in [5.74, 6) is 0.704. The number of aromatic nitrogens is 2. The first kappa shape index (κ1) is 6.39. The smallest absolute Gasteiger partial charge is 0.255 e. The van der Waals surface area contributed by atoms with Crippen LogP contribution in [-0.4, -0.2) is 16.1 Å². The van der Waals surface area contributed by atoms with Gasteiger partial charge in [-0.05, 0) is 6.92 Å². The van der Waals surface area contributed by atoms with Crippen molar-refractivity contribution < 1.29 is 0 Å². The maximum Gasteiger partial charge on any atom is 0.255 e. The number of rotatable bonds is 0. The van der Waals surface area contributed by atoms with Gasteiger partial charge >= 0.3 is 0 Å². The molecule has 0 fully saturated rings. The van der Waals surface area contributed by atoms with E-state index in [1.165, 1.54) is 0 Å². The molecule has 0 unspecified atom stereocenters. The molecule has 0 bridgehead atoms. The molecule has 0 saturated heterocycles. The second kappa shape index (κ2) is 2.08. The predicted octanol–water partition coefficient (Wildman–Crippen LogP) is -0.0228. The lowest BCUT2D eigenvalue weighted by atomic mass is 10.4. The van der Waals surface area contributed by atoms with E-state index < -0.39 is 0 Å². The highest BCUT2D eigenvalue weighted by molar-refractivity contribution is 5.30. The van der Waals surface area contributed by atoms with Crippen molar-refractivity contribution in [2.45, 2.75) is 13.5 Å². The number of hydrogen-bond acceptors (Lipinski definition) is 3. The standard InChI is InChI=1S/C7H9N3O/c1-5-4-6(11)10-3-2-8-7(10)9-5/h4H,2-3H2,1H3,(H,8,9). The van der Waals surface area contributed by atoms with Crippen LogP contribution in [0.15, 0.2) is 10.9 Å². The first-order chi connectivity index (χ1) is 5.27. The third-order valence-electron chi connectivity index (χ3n) is 1.75. The number of fused-ring (bicyclic) bond motifs is 1. The van der Waals surface area contributed by atoms with Gasteiger partial charge in [-0.1, -0.05) is 0 Å². The lowest BCUT2D eigenvalue weighted by Gasteiger charge is -1.99. The van der Waals surface area contributed by atoms with Crippen LogP contribution in [-0.2, 0) is 6.54 Å². The summed E-state index contributed by atoms with van der Waals surface area (Å²) in [5, 5.41) is 3.03. The fraction of sp³-hybridized carbons (Fsp3) is 0.429. The van der Waals surface area contributed by atoms with Crippen molar-refractivity contribution >= 4 is 5.95 Å². The van der Waals surface area contributed by atoms with E-state index in [-0.39, 0.29) is 5.56 Å². The van der Waals surface area contributed by atoms with Crippen molar-refractivity contribution in [3.63, 3.8) is 0 Å². The van der Waals surface area contributed by atoms with Crippen molar-refractivity contribution in [2.24, 2.45) is 0 Å². The molecule has 4 nitrogen and oxygen atoms in total. The lowest BCUT2D eigenvalue weighted by molar-refractivity contribution is 0.757. The molecule has 1 N–H and O–H groups in total. The average molecular weight is 151 g/mol. The minimum absolute atomic E-state index is 0.0394. The third-order valence-corrected chi connectivity index (χ3v) is 1.75. The second-order valence-electron chi connectivity index (χ2n) is 2.64. The van der Waals surface area contributed by atoms with E-state index in [1.54, 1.807) is 10.6 Å². The highest BCUT2D eigenvalue weighted by Crippen LogP contribution is 2.06. The Morgan fingerprint density at radius 1 is 1.73 bits per heavy atom. The van der Waals surface area contributed by atoms with Crippen molar-refractivity contribution in [3.05, 3.63) is 22.1 Å². The van der Waals surface area contributed by atoms with E-state index in [0.717, 1.165) is 18.8 Å². The maximum absolute atomic E-state index is 11.2. The number of hydrogen-bond donors (Lipinski definition) is 1. The van der Waals surface area contributed by atoms with Gasteiger partial charge in [0.25, 0.3) is 5.56 Å². The van der Waals surface area contributed by atoms with Crippen LogP contribution < -0.4 is 10.9 Å². The summed E-state index contributed by atoms with van der Waals surface area (Å²) in [5.41, 5.74) is 0.813. The third kappa shape index (κ3) is 0.906. The van der Waals surface area contributed by atoms with Crippen LogP contribution >= 0.6 is 0 Å². The van der Waals surface area contributed by atoms with Gasteiger partial charge < -0.3 is 5.32 Å². The Balaban J connectivity index is 2.70. The van der Waals surface area contributed by atoms with Crippen molar-refractivity contribution in [1.29, 1.82) is 0 Å². The summed E-state index contributed by atoms with van der Waals surface area (Å²) in [6, 6.07) is 1.55. The van der Waals surface area contributed by atoms with Crippen molar-refractivity contribution in [1.82, 2.24) is 9.55 Å². The van der Waals surface area contributed by atoms with E-state index in [4.69, 9.17) is 0 Å².